The lowest BCUT2D eigenvalue weighted by molar-refractivity contribution is 0.260. The minimum Gasteiger partial charge on any atom is -0.363 e. The van der Waals surface area contributed by atoms with Crippen molar-refractivity contribution in [1.29, 1.82) is 0 Å². The van der Waals surface area contributed by atoms with E-state index in [4.69, 9.17) is 12.2 Å². The minimum absolute atomic E-state index is 0.740. The zero-order valence-electron chi connectivity index (χ0n) is 11.9. The van der Waals surface area contributed by atoms with Crippen LogP contribution >= 0.6 is 12.2 Å². The Balaban J connectivity index is 1.66. The summed E-state index contributed by atoms with van der Waals surface area (Å²) in [6, 6.07) is 1.85. The number of piperazine rings is 1. The maximum Gasteiger partial charge on any atom is 0.225 e. The molecule has 2 rings (SSSR count). The first-order chi connectivity index (χ1) is 9.79. The van der Waals surface area contributed by atoms with E-state index in [1.165, 1.54) is 0 Å². The second-order valence-electron chi connectivity index (χ2n) is 4.66. The van der Waals surface area contributed by atoms with Crippen molar-refractivity contribution in [1.82, 2.24) is 25.5 Å². The molecule has 20 heavy (non-hydrogen) atoms. The monoisotopic (exact) mass is 294 g/mol. The molecule has 0 saturated carbocycles. The Morgan fingerprint density at radius 1 is 1.20 bits per heavy atom. The largest absolute Gasteiger partial charge is 0.363 e. The summed E-state index contributed by atoms with van der Waals surface area (Å²) < 4.78 is 0. The Morgan fingerprint density at radius 2 is 1.90 bits per heavy atom. The van der Waals surface area contributed by atoms with Gasteiger partial charge < -0.3 is 15.5 Å². The first-order valence-corrected chi connectivity index (χ1v) is 7.46. The molecule has 2 heterocycles. The van der Waals surface area contributed by atoms with Gasteiger partial charge in [-0.1, -0.05) is 0 Å². The lowest BCUT2D eigenvalue weighted by Crippen LogP contribution is -2.49. The summed E-state index contributed by atoms with van der Waals surface area (Å²) in [5.41, 5.74) is 0. The predicted molar refractivity (Wildman–Crippen MR) is 85.0 cm³/mol. The van der Waals surface area contributed by atoms with E-state index in [-0.39, 0.29) is 0 Å². The van der Waals surface area contributed by atoms with Gasteiger partial charge in [0.05, 0.1) is 0 Å². The fourth-order valence-electron chi connectivity index (χ4n) is 2.18. The van der Waals surface area contributed by atoms with Crippen molar-refractivity contribution in [3.63, 3.8) is 0 Å². The molecular formula is C13H22N6S. The molecular weight excluding hydrogens is 272 g/mol. The maximum absolute atomic E-state index is 5.14. The molecule has 1 aliphatic rings. The van der Waals surface area contributed by atoms with Crippen molar-refractivity contribution in [3.8, 4) is 0 Å². The number of nitrogens with zero attached hydrogens (tertiary/aromatic N) is 4. The Hall–Kier alpha value is -1.47. The summed E-state index contributed by atoms with van der Waals surface area (Å²) in [5.74, 6) is 0.832. The third kappa shape index (κ3) is 4.57. The fraction of sp³-hybridized carbons (Fsp3) is 0.615. The van der Waals surface area contributed by atoms with E-state index < -0.39 is 0 Å². The minimum atomic E-state index is 0.740. The predicted octanol–water partition coefficient (Wildman–Crippen LogP) is 0.0826. The van der Waals surface area contributed by atoms with Crippen LogP contribution in [0.1, 0.15) is 6.92 Å². The van der Waals surface area contributed by atoms with Crippen LogP contribution < -0.4 is 15.5 Å². The number of nitrogens with one attached hydrogen (secondary N) is 2. The molecule has 0 radical (unpaired) electrons. The van der Waals surface area contributed by atoms with Gasteiger partial charge in [-0.2, -0.15) is 0 Å². The average Bonchev–Trinajstić information content (AvgIpc) is 2.49. The molecule has 0 aliphatic carbocycles. The van der Waals surface area contributed by atoms with E-state index in [0.717, 1.165) is 56.9 Å². The van der Waals surface area contributed by atoms with Gasteiger partial charge in [-0.3, -0.25) is 4.90 Å². The van der Waals surface area contributed by atoms with Gasteiger partial charge in [0.2, 0.25) is 5.95 Å². The van der Waals surface area contributed by atoms with Gasteiger partial charge in [0.1, 0.15) is 0 Å². The third-order valence-electron chi connectivity index (χ3n) is 3.26. The summed E-state index contributed by atoms with van der Waals surface area (Å²) in [6.07, 6.45) is 3.58. The van der Waals surface area contributed by atoms with Crippen LogP contribution in [-0.2, 0) is 0 Å². The van der Waals surface area contributed by atoms with Gasteiger partial charge in [0.25, 0.3) is 0 Å². The first-order valence-electron chi connectivity index (χ1n) is 7.05. The summed E-state index contributed by atoms with van der Waals surface area (Å²) in [7, 11) is 0. The number of aromatic nitrogens is 2. The molecule has 110 valence electrons. The molecule has 1 fully saturated rings. The van der Waals surface area contributed by atoms with Gasteiger partial charge in [0, 0.05) is 58.2 Å². The van der Waals surface area contributed by atoms with E-state index in [2.05, 4.69) is 30.4 Å². The van der Waals surface area contributed by atoms with Crippen LogP contribution in [0, 0.1) is 0 Å². The first kappa shape index (κ1) is 14.9. The Morgan fingerprint density at radius 3 is 2.55 bits per heavy atom. The van der Waals surface area contributed by atoms with Gasteiger partial charge in [0.15, 0.2) is 5.11 Å². The van der Waals surface area contributed by atoms with Crippen LogP contribution in [0.15, 0.2) is 18.5 Å². The highest BCUT2D eigenvalue weighted by atomic mass is 32.1. The van der Waals surface area contributed by atoms with Crippen molar-refractivity contribution in [2.75, 3.05) is 50.7 Å². The Labute approximate surface area is 125 Å². The molecule has 2 N–H and O–H groups in total. The highest BCUT2D eigenvalue weighted by Gasteiger charge is 2.18. The topological polar surface area (TPSA) is 56.3 Å². The molecule has 0 aromatic carbocycles. The van der Waals surface area contributed by atoms with Crippen molar-refractivity contribution in [2.45, 2.75) is 6.92 Å². The Bertz CT molecular complexity index is 405. The van der Waals surface area contributed by atoms with Crippen molar-refractivity contribution in [3.05, 3.63) is 18.5 Å². The molecule has 1 aromatic rings. The highest BCUT2D eigenvalue weighted by molar-refractivity contribution is 7.80. The normalized spacial score (nSPS) is 15.9. The van der Waals surface area contributed by atoms with Crippen LogP contribution in [0.5, 0.6) is 0 Å². The molecule has 0 bridgehead atoms. The molecule has 0 unspecified atom stereocenters. The summed E-state index contributed by atoms with van der Waals surface area (Å²) in [5, 5.41) is 7.04. The molecule has 0 amide bonds. The number of hydrogen-bond acceptors (Lipinski definition) is 5. The molecule has 1 aromatic heterocycles. The van der Waals surface area contributed by atoms with E-state index in [9.17, 15) is 0 Å². The van der Waals surface area contributed by atoms with E-state index in [0.29, 0.717) is 0 Å². The fourth-order valence-corrected chi connectivity index (χ4v) is 2.42. The van der Waals surface area contributed by atoms with Crippen molar-refractivity contribution >= 4 is 23.3 Å². The quantitative estimate of drug-likeness (QED) is 0.746. The SMILES string of the molecule is CCNC(=S)NCCN1CCN(c2ncccn2)CC1. The second-order valence-corrected chi connectivity index (χ2v) is 5.07. The van der Waals surface area contributed by atoms with Gasteiger partial charge in [-0.15, -0.1) is 0 Å². The average molecular weight is 294 g/mol. The number of thiocarbonyl (C=S) groups is 1. The Kier molecular flexibility index (Phi) is 5.94. The molecule has 1 aliphatic heterocycles. The lowest BCUT2D eigenvalue weighted by Gasteiger charge is -2.34. The van der Waals surface area contributed by atoms with Crippen LogP contribution in [0.4, 0.5) is 5.95 Å². The smallest absolute Gasteiger partial charge is 0.225 e. The summed E-state index contributed by atoms with van der Waals surface area (Å²) >= 11 is 5.14. The highest BCUT2D eigenvalue weighted by Crippen LogP contribution is 2.08. The van der Waals surface area contributed by atoms with Gasteiger partial charge in [-0.05, 0) is 25.2 Å². The second kappa shape index (κ2) is 7.96. The summed E-state index contributed by atoms with van der Waals surface area (Å²) in [6.45, 7) is 8.81. The van der Waals surface area contributed by atoms with Crippen LogP contribution in [0.3, 0.4) is 0 Å². The van der Waals surface area contributed by atoms with E-state index in [1.54, 1.807) is 12.4 Å². The molecule has 6 nitrogen and oxygen atoms in total. The molecule has 7 heteroatoms. The third-order valence-corrected chi connectivity index (χ3v) is 3.55. The van der Waals surface area contributed by atoms with Crippen LogP contribution in [0.2, 0.25) is 0 Å². The standard InChI is InChI=1S/C13H22N6S/c1-2-14-13(20)17-6-7-18-8-10-19(11-9-18)12-15-4-3-5-16-12/h3-5H,2,6-11H2,1H3,(H2,14,17,20). The van der Waals surface area contributed by atoms with Crippen molar-refractivity contribution < 1.29 is 0 Å². The van der Waals surface area contributed by atoms with Crippen LogP contribution in [0.25, 0.3) is 0 Å². The zero-order valence-corrected chi connectivity index (χ0v) is 12.7. The van der Waals surface area contributed by atoms with E-state index >= 15 is 0 Å². The molecule has 1 saturated heterocycles. The van der Waals surface area contributed by atoms with Crippen LogP contribution in [-0.4, -0.2) is 65.8 Å². The number of hydrogen-bond donors (Lipinski definition) is 2. The van der Waals surface area contributed by atoms with Crippen molar-refractivity contribution in [2.24, 2.45) is 0 Å². The molecule has 0 atom stereocenters. The lowest BCUT2D eigenvalue weighted by atomic mass is 10.3. The maximum atomic E-state index is 5.14. The van der Waals surface area contributed by atoms with Gasteiger partial charge >= 0.3 is 0 Å². The number of rotatable bonds is 5. The number of anilines is 1. The van der Waals surface area contributed by atoms with Gasteiger partial charge in [-0.25, -0.2) is 9.97 Å². The zero-order chi connectivity index (χ0) is 14.2. The van der Waals surface area contributed by atoms with E-state index in [1.807, 2.05) is 13.0 Å². The molecule has 0 spiro atoms. The summed E-state index contributed by atoms with van der Waals surface area (Å²) in [4.78, 5) is 13.2.